The van der Waals surface area contributed by atoms with Crippen LogP contribution in [0.15, 0.2) is 24.3 Å². The minimum atomic E-state index is -0.472. The molecule has 1 aromatic rings. The predicted octanol–water partition coefficient (Wildman–Crippen LogP) is 3.28. The van der Waals surface area contributed by atoms with E-state index < -0.39 is 5.79 Å². The molecule has 0 unspecified atom stereocenters. The van der Waals surface area contributed by atoms with Crippen LogP contribution in [0.2, 0.25) is 0 Å². The van der Waals surface area contributed by atoms with Gasteiger partial charge in [0.2, 0.25) is 0 Å². The molecule has 112 valence electrons. The Hall–Kier alpha value is -1.26. The lowest BCUT2D eigenvalue weighted by molar-refractivity contribution is -0.247. The van der Waals surface area contributed by atoms with Gasteiger partial charge in [-0.1, -0.05) is 19.9 Å². The van der Waals surface area contributed by atoms with E-state index in [2.05, 4.69) is 19.2 Å². The van der Waals surface area contributed by atoms with E-state index in [-0.39, 0.29) is 6.04 Å². The summed E-state index contributed by atoms with van der Waals surface area (Å²) >= 11 is 0. The zero-order valence-corrected chi connectivity index (χ0v) is 12.8. The number of rotatable bonds is 5. The van der Waals surface area contributed by atoms with Gasteiger partial charge in [0.1, 0.15) is 5.75 Å². The highest BCUT2D eigenvalue weighted by Crippen LogP contribution is 2.22. The molecule has 0 spiro atoms. The van der Waals surface area contributed by atoms with Gasteiger partial charge in [-0.3, -0.25) is 0 Å². The van der Waals surface area contributed by atoms with Crippen molar-refractivity contribution in [2.75, 3.05) is 25.1 Å². The van der Waals surface area contributed by atoms with Crippen LogP contribution < -0.4 is 10.1 Å². The lowest BCUT2D eigenvalue weighted by atomic mass is 10.2. The van der Waals surface area contributed by atoms with E-state index in [1.807, 2.05) is 38.1 Å². The standard InChI is InChI=1S/C16H25NO3/c1-12(2)9-18-15-7-5-6-13(8-15)17-14-10-19-16(3,4)20-11-14/h5-8,12,14,17H,9-11H2,1-4H3. The van der Waals surface area contributed by atoms with E-state index in [9.17, 15) is 0 Å². The van der Waals surface area contributed by atoms with E-state index in [1.54, 1.807) is 0 Å². The zero-order valence-electron chi connectivity index (χ0n) is 12.8. The molecule has 20 heavy (non-hydrogen) atoms. The fourth-order valence-corrected chi connectivity index (χ4v) is 1.95. The molecule has 2 rings (SSSR count). The minimum Gasteiger partial charge on any atom is -0.493 e. The van der Waals surface area contributed by atoms with Crippen LogP contribution in [0.25, 0.3) is 0 Å². The molecule has 0 aliphatic carbocycles. The Kier molecular flexibility index (Phi) is 4.89. The fraction of sp³-hybridized carbons (Fsp3) is 0.625. The van der Waals surface area contributed by atoms with Gasteiger partial charge in [0.05, 0.1) is 25.9 Å². The van der Waals surface area contributed by atoms with Gasteiger partial charge in [0.25, 0.3) is 0 Å². The summed E-state index contributed by atoms with van der Waals surface area (Å²) in [5.74, 6) is 0.941. The van der Waals surface area contributed by atoms with Crippen molar-refractivity contribution in [2.45, 2.75) is 39.5 Å². The number of benzene rings is 1. The van der Waals surface area contributed by atoms with Crippen molar-refractivity contribution < 1.29 is 14.2 Å². The molecule has 1 fully saturated rings. The number of nitrogens with one attached hydrogen (secondary N) is 1. The van der Waals surface area contributed by atoms with Crippen molar-refractivity contribution in [2.24, 2.45) is 5.92 Å². The van der Waals surface area contributed by atoms with Crippen LogP contribution in [0, 0.1) is 5.92 Å². The van der Waals surface area contributed by atoms with E-state index in [0.717, 1.165) is 18.0 Å². The van der Waals surface area contributed by atoms with Gasteiger partial charge in [-0.05, 0) is 31.9 Å². The maximum absolute atomic E-state index is 5.73. The molecular weight excluding hydrogens is 254 g/mol. The zero-order chi connectivity index (χ0) is 14.6. The predicted molar refractivity (Wildman–Crippen MR) is 80.2 cm³/mol. The highest BCUT2D eigenvalue weighted by atomic mass is 16.7. The van der Waals surface area contributed by atoms with E-state index in [4.69, 9.17) is 14.2 Å². The van der Waals surface area contributed by atoms with Crippen molar-refractivity contribution in [1.29, 1.82) is 0 Å². The Morgan fingerprint density at radius 3 is 2.65 bits per heavy atom. The molecule has 4 nitrogen and oxygen atoms in total. The highest BCUT2D eigenvalue weighted by molar-refractivity contribution is 5.49. The summed E-state index contributed by atoms with van der Waals surface area (Å²) in [4.78, 5) is 0. The normalized spacial score (nSPS) is 19.1. The molecule has 1 heterocycles. The lowest BCUT2D eigenvalue weighted by Gasteiger charge is -2.35. The first-order valence-corrected chi connectivity index (χ1v) is 7.22. The second-order valence-corrected chi connectivity index (χ2v) is 6.10. The molecule has 4 heteroatoms. The van der Waals surface area contributed by atoms with Crippen LogP contribution in [-0.2, 0) is 9.47 Å². The molecular formula is C16H25NO3. The summed E-state index contributed by atoms with van der Waals surface area (Å²) < 4.78 is 17.0. The smallest absolute Gasteiger partial charge is 0.162 e. The number of hydrogen-bond donors (Lipinski definition) is 1. The average molecular weight is 279 g/mol. The Balaban J connectivity index is 1.88. The summed E-state index contributed by atoms with van der Waals surface area (Å²) in [6.07, 6.45) is 0. The number of ether oxygens (including phenoxy) is 3. The molecule has 0 bridgehead atoms. The van der Waals surface area contributed by atoms with E-state index >= 15 is 0 Å². The molecule has 0 amide bonds. The Morgan fingerprint density at radius 2 is 2.00 bits per heavy atom. The van der Waals surface area contributed by atoms with Crippen molar-refractivity contribution in [3.05, 3.63) is 24.3 Å². The van der Waals surface area contributed by atoms with Gasteiger partial charge >= 0.3 is 0 Å². The van der Waals surface area contributed by atoms with Gasteiger partial charge in [-0.15, -0.1) is 0 Å². The molecule has 1 aliphatic rings. The largest absolute Gasteiger partial charge is 0.493 e. The van der Waals surface area contributed by atoms with E-state index in [0.29, 0.717) is 19.1 Å². The molecule has 1 aliphatic heterocycles. The second-order valence-electron chi connectivity index (χ2n) is 6.10. The quantitative estimate of drug-likeness (QED) is 0.898. The molecule has 1 saturated heterocycles. The van der Waals surface area contributed by atoms with Crippen molar-refractivity contribution >= 4 is 5.69 Å². The van der Waals surface area contributed by atoms with Gasteiger partial charge < -0.3 is 19.5 Å². The Labute approximate surface area is 121 Å². The lowest BCUT2D eigenvalue weighted by Crippen LogP contribution is -2.45. The highest BCUT2D eigenvalue weighted by Gasteiger charge is 2.28. The fourth-order valence-electron chi connectivity index (χ4n) is 1.95. The second kappa shape index (κ2) is 6.46. The monoisotopic (exact) mass is 279 g/mol. The topological polar surface area (TPSA) is 39.7 Å². The summed E-state index contributed by atoms with van der Waals surface area (Å²) in [6, 6.07) is 8.18. The van der Waals surface area contributed by atoms with Gasteiger partial charge in [-0.2, -0.15) is 0 Å². The summed E-state index contributed by atoms with van der Waals surface area (Å²) in [7, 11) is 0. The minimum absolute atomic E-state index is 0.170. The van der Waals surface area contributed by atoms with Crippen molar-refractivity contribution in [1.82, 2.24) is 0 Å². The summed E-state index contributed by atoms with van der Waals surface area (Å²) in [6.45, 7) is 10.2. The van der Waals surface area contributed by atoms with Crippen LogP contribution in [0.1, 0.15) is 27.7 Å². The number of anilines is 1. The molecule has 1 N–H and O–H groups in total. The molecule has 0 radical (unpaired) electrons. The maximum Gasteiger partial charge on any atom is 0.162 e. The molecule has 1 aromatic carbocycles. The van der Waals surface area contributed by atoms with E-state index in [1.165, 1.54) is 0 Å². The van der Waals surface area contributed by atoms with Crippen LogP contribution in [0.3, 0.4) is 0 Å². The van der Waals surface area contributed by atoms with Crippen molar-refractivity contribution in [3.63, 3.8) is 0 Å². The van der Waals surface area contributed by atoms with Crippen LogP contribution >= 0.6 is 0 Å². The third-order valence-electron chi connectivity index (χ3n) is 3.05. The maximum atomic E-state index is 5.73. The average Bonchev–Trinajstić information content (AvgIpc) is 2.39. The first-order valence-electron chi connectivity index (χ1n) is 7.22. The first-order chi connectivity index (χ1) is 9.44. The van der Waals surface area contributed by atoms with Crippen LogP contribution in [-0.4, -0.2) is 31.6 Å². The van der Waals surface area contributed by atoms with Crippen LogP contribution in [0.5, 0.6) is 5.75 Å². The van der Waals surface area contributed by atoms with Gasteiger partial charge in [-0.25, -0.2) is 0 Å². The Morgan fingerprint density at radius 1 is 1.30 bits per heavy atom. The van der Waals surface area contributed by atoms with Crippen molar-refractivity contribution in [3.8, 4) is 5.75 Å². The molecule has 0 saturated carbocycles. The van der Waals surface area contributed by atoms with Gasteiger partial charge in [0, 0.05) is 11.8 Å². The molecule has 0 atom stereocenters. The van der Waals surface area contributed by atoms with Gasteiger partial charge in [0.15, 0.2) is 5.79 Å². The SMILES string of the molecule is CC(C)COc1cccc(NC2COC(C)(C)OC2)c1. The summed E-state index contributed by atoms with van der Waals surface area (Å²) in [5, 5.41) is 3.42. The number of hydrogen-bond acceptors (Lipinski definition) is 4. The summed E-state index contributed by atoms with van der Waals surface area (Å²) in [5.41, 5.74) is 1.03. The Bertz CT molecular complexity index is 421. The third-order valence-corrected chi connectivity index (χ3v) is 3.05. The van der Waals surface area contributed by atoms with Crippen LogP contribution in [0.4, 0.5) is 5.69 Å². The molecule has 0 aromatic heterocycles. The third kappa shape index (κ3) is 4.69. The first kappa shape index (κ1) is 15.1.